The van der Waals surface area contributed by atoms with E-state index in [2.05, 4.69) is 30.3 Å². The predicted octanol–water partition coefficient (Wildman–Crippen LogP) is 2.40. The average molecular weight is 172 g/mol. The van der Waals surface area contributed by atoms with Crippen molar-refractivity contribution in [2.45, 2.75) is 37.0 Å². The molecule has 0 heterocycles. The largest absolute Gasteiger partial charge is 0.114 e. The van der Waals surface area contributed by atoms with Gasteiger partial charge in [-0.25, -0.2) is 0 Å². The van der Waals surface area contributed by atoms with Crippen LogP contribution in [0.25, 0.3) is 0 Å². The summed E-state index contributed by atoms with van der Waals surface area (Å²) in [5.41, 5.74) is 0. The molecular weight excluding hydrogens is 158 g/mol. The lowest BCUT2D eigenvalue weighted by atomic mass is 10.1. The van der Waals surface area contributed by atoms with E-state index in [1.165, 1.54) is 25.7 Å². The summed E-state index contributed by atoms with van der Waals surface area (Å²) in [6, 6.07) is 0. The molecule has 0 N–H and O–H groups in total. The van der Waals surface area contributed by atoms with E-state index in [0.29, 0.717) is 0 Å². The van der Waals surface area contributed by atoms with Crippen molar-refractivity contribution >= 4 is 18.5 Å². The van der Waals surface area contributed by atoms with E-state index in [-0.39, 0.29) is 4.90 Å². The molecule has 2 heteroatoms. The second-order valence-corrected chi connectivity index (χ2v) is 5.63. The quantitative estimate of drug-likeness (QED) is 0.388. The molecule has 0 saturated heterocycles. The number of rotatable bonds is 0. The van der Waals surface area contributed by atoms with Gasteiger partial charge in [0.2, 0.25) is 0 Å². The second-order valence-electron chi connectivity index (χ2n) is 2.90. The van der Waals surface area contributed by atoms with Gasteiger partial charge < -0.3 is 0 Å². The molecule has 2 unspecified atom stereocenters. The molecule has 0 aromatic carbocycles. The lowest BCUT2D eigenvalue weighted by molar-refractivity contribution is 0.644. The van der Waals surface area contributed by atoms with Gasteiger partial charge in [-0.15, -0.1) is 24.4 Å². The highest BCUT2D eigenvalue weighted by molar-refractivity contribution is 7.40. The van der Waals surface area contributed by atoms with Gasteiger partial charge in [0.1, 0.15) is 0 Å². The summed E-state index contributed by atoms with van der Waals surface area (Å²) < 4.78 is 0. The van der Waals surface area contributed by atoms with Gasteiger partial charge in [-0.2, -0.15) is 0 Å². The van der Waals surface area contributed by atoms with E-state index in [0.717, 1.165) is 6.42 Å². The van der Waals surface area contributed by atoms with Crippen LogP contribution in [0.15, 0.2) is 0 Å². The van der Waals surface area contributed by atoms with E-state index in [1.807, 2.05) is 0 Å². The van der Waals surface area contributed by atoms with Crippen molar-refractivity contribution in [2.24, 2.45) is 0 Å². The van der Waals surface area contributed by atoms with Gasteiger partial charge >= 0.3 is 0 Å². The minimum atomic E-state index is 0.125. The Morgan fingerprint density at radius 2 is 1.90 bits per heavy atom. The molecule has 0 fully saturated rings. The first-order valence-electron chi connectivity index (χ1n) is 3.78. The van der Waals surface area contributed by atoms with E-state index >= 15 is 0 Å². The normalized spacial score (nSPS) is 23.8. The van der Waals surface area contributed by atoms with Crippen LogP contribution >= 0.6 is 18.5 Å². The maximum atomic E-state index is 3.24. The monoisotopic (exact) mass is 172 g/mol. The summed E-state index contributed by atoms with van der Waals surface area (Å²) in [4.78, 5) is 0.125. The van der Waals surface area contributed by atoms with Crippen LogP contribution in [0.2, 0.25) is 0 Å². The van der Waals surface area contributed by atoms with Crippen molar-refractivity contribution in [3.63, 3.8) is 0 Å². The van der Waals surface area contributed by atoms with Crippen LogP contribution in [-0.4, -0.2) is 4.90 Å². The van der Waals surface area contributed by atoms with Crippen LogP contribution in [-0.2, 0) is 0 Å². The van der Waals surface area contributed by atoms with Crippen molar-refractivity contribution in [1.29, 1.82) is 0 Å². The average Bonchev–Trinajstić information content (AvgIpc) is 1.81. The Balaban J connectivity index is 2.56. The molecule has 0 spiro atoms. The lowest BCUT2D eigenvalue weighted by Gasteiger charge is -2.17. The first-order chi connectivity index (χ1) is 4.71. The van der Waals surface area contributed by atoms with E-state index < -0.39 is 0 Å². The van der Waals surface area contributed by atoms with Crippen LogP contribution < -0.4 is 0 Å². The van der Waals surface area contributed by atoms with Gasteiger partial charge in [0.15, 0.2) is 0 Å². The molecule has 1 rings (SSSR count). The fourth-order valence-corrected chi connectivity index (χ4v) is 1.71. The molecule has 0 radical (unpaired) electrons. The van der Waals surface area contributed by atoms with E-state index in [4.69, 9.17) is 0 Å². The zero-order chi connectivity index (χ0) is 7.45. The second kappa shape index (κ2) is 3.71. The molecule has 1 aliphatic rings. The summed E-state index contributed by atoms with van der Waals surface area (Å²) >= 11 is 0. The molecule has 0 aromatic heterocycles. The maximum absolute atomic E-state index is 3.24. The smallest absolute Gasteiger partial charge is 0.0588 e. The van der Waals surface area contributed by atoms with Crippen molar-refractivity contribution in [1.82, 2.24) is 0 Å². The zero-order valence-corrected chi connectivity index (χ0v) is 8.50. The van der Waals surface area contributed by atoms with Gasteiger partial charge in [0.05, 0.1) is 4.90 Å². The summed E-state index contributed by atoms with van der Waals surface area (Å²) in [5.74, 6) is 6.42. The maximum Gasteiger partial charge on any atom is 0.0588 e. The third kappa shape index (κ3) is 3.01. The molecule has 10 heavy (non-hydrogen) atoms. The third-order valence-electron chi connectivity index (χ3n) is 1.71. The van der Waals surface area contributed by atoms with Gasteiger partial charge in [0.25, 0.3) is 0 Å². The van der Waals surface area contributed by atoms with Crippen LogP contribution in [0.4, 0.5) is 0 Å². The van der Waals surface area contributed by atoms with Gasteiger partial charge in [-0.1, -0.05) is 18.8 Å². The van der Waals surface area contributed by atoms with Gasteiger partial charge in [0, 0.05) is 6.42 Å². The summed E-state index contributed by atoms with van der Waals surface area (Å²) in [7, 11) is 5.62. The van der Waals surface area contributed by atoms with E-state index in [1.54, 1.807) is 0 Å². The topological polar surface area (TPSA) is 0 Å². The Morgan fingerprint density at radius 1 is 1.10 bits per heavy atom. The fourth-order valence-electron chi connectivity index (χ4n) is 1.10. The molecule has 0 saturated carbocycles. The molecule has 0 amide bonds. The van der Waals surface area contributed by atoms with Crippen molar-refractivity contribution in [2.75, 3.05) is 0 Å². The minimum absolute atomic E-state index is 0.125. The van der Waals surface area contributed by atoms with E-state index in [9.17, 15) is 0 Å². The Morgan fingerprint density at radius 3 is 2.70 bits per heavy atom. The predicted molar refractivity (Wildman–Crippen MR) is 53.0 cm³/mol. The number of hydrogen-bond acceptors (Lipinski definition) is 0. The van der Waals surface area contributed by atoms with Crippen LogP contribution in [0, 0.1) is 11.8 Å². The molecule has 0 aromatic rings. The Bertz CT molecular complexity index is 162. The zero-order valence-electron chi connectivity index (χ0n) is 6.19. The van der Waals surface area contributed by atoms with Crippen LogP contribution in [0.3, 0.4) is 0 Å². The summed E-state index contributed by atoms with van der Waals surface area (Å²) in [5, 5.41) is 0. The van der Waals surface area contributed by atoms with Gasteiger partial charge in [-0.05, 0) is 12.8 Å². The molecule has 2 atom stereocenters. The molecule has 0 bridgehead atoms. The number of hydrogen-bond donors (Lipinski definition) is 0. The molecule has 1 aliphatic carbocycles. The van der Waals surface area contributed by atoms with Gasteiger partial charge in [-0.3, -0.25) is 0 Å². The summed E-state index contributed by atoms with van der Waals surface area (Å²) in [6.07, 6.45) is 6.25. The third-order valence-corrected chi connectivity index (χ3v) is 2.58. The molecule has 0 aliphatic heterocycles. The minimum Gasteiger partial charge on any atom is -0.114 e. The van der Waals surface area contributed by atoms with Crippen molar-refractivity contribution in [3.05, 3.63) is 0 Å². The van der Waals surface area contributed by atoms with Crippen molar-refractivity contribution < 1.29 is 0 Å². The highest BCUT2D eigenvalue weighted by Crippen LogP contribution is 2.32. The standard InChI is InChI=1S/C8H14P2/c9-8(10)6-4-2-1-3-5-7-8/h1-4,6,9-10H2. The molecule has 56 valence electrons. The first kappa shape index (κ1) is 8.52. The Hall–Kier alpha value is 0.420. The van der Waals surface area contributed by atoms with Crippen LogP contribution in [0.5, 0.6) is 0 Å². The molecular formula is C8H14P2. The highest BCUT2D eigenvalue weighted by atomic mass is 31.1. The SMILES string of the molecule is PC1(P)C#CCCCCC1. The first-order valence-corrected chi connectivity index (χ1v) is 4.94. The highest BCUT2D eigenvalue weighted by Gasteiger charge is 2.14. The molecule has 0 nitrogen and oxygen atoms in total. The van der Waals surface area contributed by atoms with Crippen LogP contribution in [0.1, 0.15) is 32.1 Å². The Labute approximate surface area is 67.9 Å². The van der Waals surface area contributed by atoms with Crippen molar-refractivity contribution in [3.8, 4) is 11.8 Å². The Kier molecular flexibility index (Phi) is 3.16. The lowest BCUT2D eigenvalue weighted by Crippen LogP contribution is -2.08. The fraction of sp³-hybridized carbons (Fsp3) is 0.750. The summed E-state index contributed by atoms with van der Waals surface area (Å²) in [6.45, 7) is 0.